The normalized spacial score (nSPS) is 15.4. The average Bonchev–Trinajstić information content (AvgIpc) is 3.08. The summed E-state index contributed by atoms with van der Waals surface area (Å²) in [6, 6.07) is 22.4. The Morgan fingerprint density at radius 1 is 0.796 bits per heavy atom. The lowest BCUT2D eigenvalue weighted by molar-refractivity contribution is 0.0528. The van der Waals surface area contributed by atoms with E-state index in [1.807, 2.05) is 75.1 Å². The molecule has 2 heterocycles. The Labute approximate surface area is 290 Å². The zero-order valence-corrected chi connectivity index (χ0v) is 29.4. The number of alkyl carbamates (subject to hydrolysis) is 1. The average molecular weight is 662 g/mol. The number of benzene rings is 3. The molecule has 5 rings (SSSR count). The van der Waals surface area contributed by atoms with Gasteiger partial charge in [0.15, 0.2) is 0 Å². The molecule has 0 bridgehead atoms. The Kier molecular flexibility index (Phi) is 11.1. The van der Waals surface area contributed by atoms with Crippen LogP contribution < -0.4 is 15.1 Å². The smallest absolute Gasteiger partial charge is 0.407 e. The van der Waals surface area contributed by atoms with E-state index in [1.165, 1.54) is 5.56 Å². The van der Waals surface area contributed by atoms with Crippen LogP contribution in [0.3, 0.4) is 0 Å². The van der Waals surface area contributed by atoms with Crippen LogP contribution in [-0.2, 0) is 17.7 Å². The summed E-state index contributed by atoms with van der Waals surface area (Å²) in [5, 5.41) is 22.2. The maximum Gasteiger partial charge on any atom is 0.407 e. The molecule has 0 radical (unpaired) electrons. The minimum Gasteiger partial charge on any atom is -0.444 e. The molecule has 2 fully saturated rings. The van der Waals surface area contributed by atoms with Crippen molar-refractivity contribution in [3.8, 4) is 12.1 Å². The predicted molar refractivity (Wildman–Crippen MR) is 192 cm³/mol. The Morgan fingerprint density at radius 3 is 2.10 bits per heavy atom. The van der Waals surface area contributed by atoms with E-state index in [4.69, 9.17) is 4.74 Å². The van der Waals surface area contributed by atoms with Crippen molar-refractivity contribution in [2.75, 3.05) is 68.7 Å². The molecular weight excluding hydrogens is 614 g/mol. The Balaban J connectivity index is 1.18. The molecule has 3 aromatic carbocycles. The van der Waals surface area contributed by atoms with Gasteiger partial charge in [0.25, 0.3) is 5.91 Å². The Morgan fingerprint density at radius 2 is 1.43 bits per heavy atom. The molecule has 0 unspecified atom stereocenters. The van der Waals surface area contributed by atoms with Crippen LogP contribution in [0.25, 0.3) is 0 Å². The van der Waals surface area contributed by atoms with Crippen molar-refractivity contribution in [3.63, 3.8) is 0 Å². The van der Waals surface area contributed by atoms with Crippen molar-refractivity contribution < 1.29 is 14.3 Å². The topological polar surface area (TPSA) is 116 Å². The molecule has 10 nitrogen and oxygen atoms in total. The number of anilines is 2. The second-order valence-corrected chi connectivity index (χ2v) is 13.9. The number of carbonyl (C=O) groups excluding carboxylic acids is 2. The van der Waals surface area contributed by atoms with E-state index >= 15 is 0 Å². The number of piperazine rings is 2. The first-order valence-corrected chi connectivity index (χ1v) is 17.1. The third-order valence-electron chi connectivity index (χ3n) is 9.22. The van der Waals surface area contributed by atoms with Crippen LogP contribution in [0.2, 0.25) is 0 Å². The van der Waals surface area contributed by atoms with Gasteiger partial charge in [-0.25, -0.2) is 4.79 Å². The van der Waals surface area contributed by atoms with Crippen LogP contribution in [0.1, 0.15) is 64.5 Å². The molecule has 49 heavy (non-hydrogen) atoms. The predicted octanol–water partition coefficient (Wildman–Crippen LogP) is 5.40. The quantitative estimate of drug-likeness (QED) is 0.342. The molecule has 2 amide bonds. The molecule has 1 N–H and O–H groups in total. The number of rotatable bonds is 8. The minimum atomic E-state index is -0.555. The van der Waals surface area contributed by atoms with E-state index in [1.54, 1.807) is 0 Å². The van der Waals surface area contributed by atoms with Crippen molar-refractivity contribution in [2.24, 2.45) is 0 Å². The van der Waals surface area contributed by atoms with Gasteiger partial charge in [0.05, 0.1) is 22.5 Å². The lowest BCUT2D eigenvalue weighted by atomic mass is 9.98. The molecule has 0 aliphatic carbocycles. The summed E-state index contributed by atoms with van der Waals surface area (Å²) >= 11 is 0. The van der Waals surface area contributed by atoms with Crippen LogP contribution in [-0.4, -0.2) is 86.3 Å². The highest BCUT2D eigenvalue weighted by molar-refractivity contribution is 5.96. The van der Waals surface area contributed by atoms with E-state index in [0.29, 0.717) is 50.3 Å². The molecule has 0 saturated carbocycles. The maximum atomic E-state index is 13.9. The number of amides is 2. The summed E-state index contributed by atoms with van der Waals surface area (Å²) in [5.41, 5.74) is 7.67. The standard InChI is InChI=1S/C39H47N7O3/c1-28-22-29(2)34(24-33(28)27-43-14-16-44(17-15-43)35-9-7-6-8-31(35)25-40)37(47)46-20-18-45(19-21-46)36-23-30(10-11-32(36)26-41)12-13-42-38(48)49-39(3,4)5/h6-11,22-24H,12-21,27H2,1-5H3,(H,42,48). The van der Waals surface area contributed by atoms with Crippen LogP contribution in [0.4, 0.5) is 16.2 Å². The van der Waals surface area contributed by atoms with Crippen molar-refractivity contribution in [1.29, 1.82) is 10.5 Å². The molecule has 2 aliphatic rings. The van der Waals surface area contributed by atoms with Crippen molar-refractivity contribution in [2.45, 2.75) is 53.2 Å². The van der Waals surface area contributed by atoms with Gasteiger partial charge in [0, 0.05) is 71.0 Å². The molecule has 0 atom stereocenters. The lowest BCUT2D eigenvalue weighted by Gasteiger charge is -2.37. The highest BCUT2D eigenvalue weighted by Gasteiger charge is 2.26. The van der Waals surface area contributed by atoms with Gasteiger partial charge in [-0.1, -0.05) is 24.3 Å². The molecule has 3 aromatic rings. The third kappa shape index (κ3) is 8.90. The highest BCUT2D eigenvalue weighted by Crippen LogP contribution is 2.26. The van der Waals surface area contributed by atoms with E-state index in [2.05, 4.69) is 51.2 Å². The van der Waals surface area contributed by atoms with E-state index in [-0.39, 0.29) is 5.91 Å². The Bertz CT molecular complexity index is 1750. The summed E-state index contributed by atoms with van der Waals surface area (Å²) in [4.78, 5) is 34.7. The van der Waals surface area contributed by atoms with E-state index in [0.717, 1.165) is 66.4 Å². The summed E-state index contributed by atoms with van der Waals surface area (Å²) in [7, 11) is 0. The minimum absolute atomic E-state index is 0.0406. The highest BCUT2D eigenvalue weighted by atomic mass is 16.6. The zero-order valence-electron chi connectivity index (χ0n) is 29.4. The Hall–Kier alpha value is -5.06. The summed E-state index contributed by atoms with van der Waals surface area (Å²) in [6.45, 7) is 16.6. The van der Waals surface area contributed by atoms with Crippen LogP contribution in [0.5, 0.6) is 0 Å². The number of ether oxygens (including phenoxy) is 1. The molecule has 256 valence electrons. The number of hydrogen-bond acceptors (Lipinski definition) is 8. The molecule has 0 aromatic heterocycles. The van der Waals surface area contributed by atoms with Crippen LogP contribution in [0, 0.1) is 36.5 Å². The number of para-hydroxylation sites is 1. The first kappa shape index (κ1) is 35.3. The van der Waals surface area contributed by atoms with Crippen LogP contribution in [0.15, 0.2) is 54.6 Å². The lowest BCUT2D eigenvalue weighted by Crippen LogP contribution is -2.49. The largest absolute Gasteiger partial charge is 0.444 e. The first-order chi connectivity index (χ1) is 23.5. The van der Waals surface area contributed by atoms with E-state index < -0.39 is 11.7 Å². The molecule has 2 aliphatic heterocycles. The number of hydrogen-bond donors (Lipinski definition) is 1. The van der Waals surface area contributed by atoms with Gasteiger partial charge in [-0.15, -0.1) is 0 Å². The zero-order chi connectivity index (χ0) is 35.1. The molecule has 2 saturated heterocycles. The van der Waals surface area contributed by atoms with Gasteiger partial charge >= 0.3 is 6.09 Å². The number of carbonyl (C=O) groups is 2. The van der Waals surface area contributed by atoms with Crippen molar-refractivity contribution >= 4 is 23.4 Å². The fourth-order valence-electron chi connectivity index (χ4n) is 6.56. The second kappa shape index (κ2) is 15.4. The fraction of sp³-hybridized carbons (Fsp3) is 0.436. The first-order valence-electron chi connectivity index (χ1n) is 17.1. The second-order valence-electron chi connectivity index (χ2n) is 13.9. The van der Waals surface area contributed by atoms with Gasteiger partial charge in [-0.3, -0.25) is 9.69 Å². The SMILES string of the molecule is Cc1cc(C)c(C(=O)N2CCN(c3cc(CCNC(=O)OC(C)(C)C)ccc3C#N)CC2)cc1CN1CCN(c2ccccc2C#N)CC1. The molecular formula is C39H47N7O3. The maximum absolute atomic E-state index is 13.9. The monoisotopic (exact) mass is 661 g/mol. The van der Waals surface area contributed by atoms with Crippen molar-refractivity contribution in [3.05, 3.63) is 93.5 Å². The number of nitrogens with one attached hydrogen (secondary N) is 1. The van der Waals surface area contributed by atoms with Gasteiger partial charge in [-0.05, 0) is 93.6 Å². The number of aryl methyl sites for hydroxylation is 2. The number of nitriles is 2. The summed E-state index contributed by atoms with van der Waals surface area (Å²) in [5.74, 6) is 0.0406. The molecule has 10 heteroatoms. The van der Waals surface area contributed by atoms with Gasteiger partial charge in [0.2, 0.25) is 0 Å². The number of nitrogens with zero attached hydrogens (tertiary/aromatic N) is 6. The fourth-order valence-corrected chi connectivity index (χ4v) is 6.56. The third-order valence-corrected chi connectivity index (χ3v) is 9.22. The van der Waals surface area contributed by atoms with Gasteiger partial charge < -0.3 is 24.8 Å². The van der Waals surface area contributed by atoms with Gasteiger partial charge in [-0.2, -0.15) is 10.5 Å². The van der Waals surface area contributed by atoms with Crippen molar-refractivity contribution in [1.82, 2.24) is 15.1 Å². The van der Waals surface area contributed by atoms with Crippen LogP contribution >= 0.6 is 0 Å². The summed E-state index contributed by atoms with van der Waals surface area (Å²) < 4.78 is 5.32. The van der Waals surface area contributed by atoms with E-state index in [9.17, 15) is 20.1 Å². The molecule has 0 spiro atoms. The summed E-state index contributed by atoms with van der Waals surface area (Å²) in [6.07, 6.45) is 0.159. The van der Waals surface area contributed by atoms with Gasteiger partial charge in [0.1, 0.15) is 17.7 Å².